The molecule has 6 rings (SSSR count). The largest absolute Gasteiger partial charge is 0.481 e. The van der Waals surface area contributed by atoms with Crippen molar-refractivity contribution in [1.82, 2.24) is 29.9 Å². The first-order chi connectivity index (χ1) is 33.3. The number of unbranched alkanes of at least 4 members (excludes halogenated alkanes) is 2. The Kier molecular flexibility index (Phi) is 21.8. The summed E-state index contributed by atoms with van der Waals surface area (Å²) in [6, 6.07) is 8.77. The van der Waals surface area contributed by atoms with Crippen molar-refractivity contribution in [2.45, 2.75) is 141 Å². The van der Waals surface area contributed by atoms with Crippen LogP contribution in [0.1, 0.15) is 135 Å². The Labute approximate surface area is 406 Å². The maximum Gasteiger partial charge on any atom is 0.410 e. The molecule has 2 aliphatic heterocycles. The van der Waals surface area contributed by atoms with E-state index in [1.807, 2.05) is 15.7 Å². The average Bonchev–Trinajstić information content (AvgIpc) is 3.70. The van der Waals surface area contributed by atoms with E-state index < -0.39 is 26.0 Å². The zero-order valence-corrected chi connectivity index (χ0v) is 40.8. The molecule has 0 unspecified atom stereocenters. The molecule has 4 aromatic heterocycles. The second kappa shape index (κ2) is 27.9. The number of aromatic nitrogens is 6. The summed E-state index contributed by atoms with van der Waals surface area (Å²) in [5, 5.41) is 29.6. The molecule has 3 N–H and O–H groups in total. The van der Waals surface area contributed by atoms with Crippen LogP contribution in [0.25, 0.3) is 0 Å². The number of ether oxygens (including phenoxy) is 3. The van der Waals surface area contributed by atoms with Crippen LogP contribution in [0.4, 0.5) is 11.6 Å². The molecule has 0 aliphatic carbocycles. The average molecular weight is 951 g/mol. The number of nitrogens with zero attached hydrogens (tertiary/aromatic N) is 8. The van der Waals surface area contributed by atoms with Gasteiger partial charge in [-0.25, -0.2) is 29.9 Å². The predicted octanol–water partition coefficient (Wildman–Crippen LogP) is 6.22. The van der Waals surface area contributed by atoms with E-state index >= 15 is 0 Å². The van der Waals surface area contributed by atoms with Gasteiger partial charge in [0.25, 0.3) is 0 Å². The highest BCUT2D eigenvalue weighted by Crippen LogP contribution is 2.29. The number of Topliss-reactive ketones (excluding diaryl/α,β-unsaturated/α-hetero) is 2. The molecular formula is C49H68B2N8O10. The maximum absolute atomic E-state index is 12.7. The number of ketones is 2. The molecule has 370 valence electrons. The highest BCUT2D eigenvalue weighted by atomic mass is 16.5. The predicted molar refractivity (Wildman–Crippen MR) is 263 cm³/mol. The van der Waals surface area contributed by atoms with Crippen molar-refractivity contribution in [2.24, 2.45) is 0 Å². The molecule has 4 aromatic rings. The van der Waals surface area contributed by atoms with Crippen LogP contribution in [-0.2, 0) is 49.6 Å². The first kappa shape index (κ1) is 53.9. The maximum atomic E-state index is 12.7. The Morgan fingerprint density at radius 1 is 0.609 bits per heavy atom. The Bertz CT molecular complexity index is 2270. The van der Waals surface area contributed by atoms with E-state index in [1.165, 1.54) is 44.8 Å². The van der Waals surface area contributed by atoms with Crippen LogP contribution in [0.2, 0.25) is 13.6 Å². The van der Waals surface area contributed by atoms with Crippen LogP contribution in [-0.4, -0.2) is 117 Å². The molecule has 2 atom stereocenters. The molecule has 20 heteroatoms. The molecule has 2 aliphatic rings. The highest BCUT2D eigenvalue weighted by Gasteiger charge is 2.26. The van der Waals surface area contributed by atoms with Crippen molar-refractivity contribution in [3.63, 3.8) is 0 Å². The fourth-order valence-corrected chi connectivity index (χ4v) is 8.74. The minimum atomic E-state index is -0.964. The molecule has 0 amide bonds. The lowest BCUT2D eigenvalue weighted by Crippen LogP contribution is -2.38. The SMILES string of the molecule is COC(=O)C[C@H](CC(=O)CCCCc1ccc2c(n1)N(B(C)O)CCCC2)c1cnc(OC)nc1.COc1ncc([C@H](CC(=O)O)CC(=O)CCCCc2ccc3c(n2)N(B(C)O)CCCC3)cn1. The summed E-state index contributed by atoms with van der Waals surface area (Å²) in [6.07, 6.45) is 18.2. The number of carbonyl (C=O) groups excluding carboxylic acids is 3. The van der Waals surface area contributed by atoms with E-state index in [4.69, 9.17) is 24.2 Å². The number of esters is 1. The van der Waals surface area contributed by atoms with E-state index in [0.717, 1.165) is 107 Å². The Balaban J connectivity index is 0.000000258. The lowest BCUT2D eigenvalue weighted by Gasteiger charge is -2.25. The first-order valence-electron chi connectivity index (χ1n) is 24.2. The molecule has 0 bridgehead atoms. The summed E-state index contributed by atoms with van der Waals surface area (Å²) in [5.41, 5.74) is 5.61. The molecule has 0 saturated carbocycles. The van der Waals surface area contributed by atoms with Crippen molar-refractivity contribution >= 4 is 49.2 Å². The van der Waals surface area contributed by atoms with Gasteiger partial charge in [-0.15, -0.1) is 0 Å². The van der Waals surface area contributed by atoms with Crippen LogP contribution in [0.5, 0.6) is 12.0 Å². The van der Waals surface area contributed by atoms with Gasteiger partial charge in [0, 0.05) is 86.8 Å². The number of carbonyl (C=O) groups is 4. The molecule has 69 heavy (non-hydrogen) atoms. The van der Waals surface area contributed by atoms with Crippen molar-refractivity contribution in [2.75, 3.05) is 44.0 Å². The smallest absolute Gasteiger partial charge is 0.410 e. The van der Waals surface area contributed by atoms with Gasteiger partial charge < -0.3 is 39.0 Å². The molecule has 0 saturated heterocycles. The molecule has 0 fully saturated rings. The van der Waals surface area contributed by atoms with E-state index in [0.29, 0.717) is 30.4 Å². The molecule has 0 radical (unpaired) electrons. The fourth-order valence-electron chi connectivity index (χ4n) is 8.74. The lowest BCUT2D eigenvalue weighted by molar-refractivity contribution is -0.141. The number of methoxy groups -OCH3 is 3. The number of hydrogen-bond donors (Lipinski definition) is 3. The number of aryl methyl sites for hydroxylation is 4. The molecule has 6 heterocycles. The second-order valence-electron chi connectivity index (χ2n) is 17.8. The highest BCUT2D eigenvalue weighted by molar-refractivity contribution is 6.54. The number of hydrogen-bond acceptors (Lipinski definition) is 17. The number of rotatable bonds is 24. The Morgan fingerprint density at radius 3 is 1.41 bits per heavy atom. The van der Waals surface area contributed by atoms with Crippen molar-refractivity contribution in [3.8, 4) is 12.0 Å². The van der Waals surface area contributed by atoms with Gasteiger partial charge in [-0.3, -0.25) is 19.2 Å². The number of carboxylic acids is 1. The molecular weight excluding hydrogens is 882 g/mol. The lowest BCUT2D eigenvalue weighted by atomic mass is 9.84. The molecule has 18 nitrogen and oxygen atoms in total. The van der Waals surface area contributed by atoms with Crippen LogP contribution in [0, 0.1) is 0 Å². The minimum Gasteiger partial charge on any atom is -0.481 e. The fraction of sp³-hybridized carbons (Fsp3) is 0.551. The monoisotopic (exact) mass is 951 g/mol. The minimum absolute atomic E-state index is 0.0252. The van der Waals surface area contributed by atoms with Crippen LogP contribution >= 0.6 is 0 Å². The van der Waals surface area contributed by atoms with Gasteiger partial charge >= 0.3 is 38.1 Å². The van der Waals surface area contributed by atoms with E-state index in [1.54, 1.807) is 26.0 Å². The summed E-state index contributed by atoms with van der Waals surface area (Å²) in [6.45, 7) is 5.15. The van der Waals surface area contributed by atoms with Crippen LogP contribution in [0.3, 0.4) is 0 Å². The Hall–Kier alpha value is -6.01. The quantitative estimate of drug-likeness (QED) is 0.0401. The summed E-state index contributed by atoms with van der Waals surface area (Å²) in [7, 11) is 3.13. The third-order valence-electron chi connectivity index (χ3n) is 12.6. The van der Waals surface area contributed by atoms with Gasteiger partial charge in [0.05, 0.1) is 34.2 Å². The van der Waals surface area contributed by atoms with Crippen molar-refractivity contribution in [1.29, 1.82) is 0 Å². The number of carboxylic acid groups (broad SMARTS) is 1. The normalized spacial score (nSPS) is 14.1. The van der Waals surface area contributed by atoms with Crippen LogP contribution in [0.15, 0.2) is 49.1 Å². The summed E-state index contributed by atoms with van der Waals surface area (Å²) in [5.74, 6) is -0.264. The number of aliphatic carboxylic acids is 1. The van der Waals surface area contributed by atoms with E-state index in [9.17, 15) is 34.3 Å². The first-order valence-corrected chi connectivity index (χ1v) is 24.2. The molecule has 0 spiro atoms. The topological polar surface area (TPSA) is 240 Å². The van der Waals surface area contributed by atoms with E-state index in [-0.39, 0.29) is 61.2 Å². The summed E-state index contributed by atoms with van der Waals surface area (Å²) in [4.78, 5) is 78.3. The van der Waals surface area contributed by atoms with Crippen molar-refractivity contribution in [3.05, 3.63) is 82.7 Å². The third-order valence-corrected chi connectivity index (χ3v) is 12.6. The van der Waals surface area contributed by atoms with Gasteiger partial charge in [-0.2, -0.15) is 0 Å². The zero-order valence-electron chi connectivity index (χ0n) is 40.8. The van der Waals surface area contributed by atoms with Gasteiger partial charge in [0.2, 0.25) is 0 Å². The summed E-state index contributed by atoms with van der Waals surface area (Å²) >= 11 is 0. The third kappa shape index (κ3) is 17.2. The van der Waals surface area contributed by atoms with Crippen LogP contribution < -0.4 is 19.1 Å². The van der Waals surface area contributed by atoms with Gasteiger partial charge in [0.1, 0.15) is 23.2 Å². The standard InChI is InChI=1S/C25H35BN4O5.C24H33BN4O5/c1-26(33)30-13-7-6-8-18-11-12-21(29-24(18)30)9-4-5-10-22(31)14-19(15-23(32)34-2)20-16-27-25(35-3)28-17-20;1-25(33)29-12-6-5-7-17-10-11-20(28-23(17)29)8-3-4-9-21(30)13-18(14-22(31)32)19-15-26-24(34-2)27-16-19/h11-12,16-17,19,33H,4-10,13-15H2,1-3H3;10-11,15-16,18,33H,3-9,12-14H2,1-2H3,(H,31,32)/t19-;18-/m00/s1. The zero-order chi connectivity index (χ0) is 49.7. The second-order valence-corrected chi connectivity index (χ2v) is 17.8. The number of anilines is 2. The number of fused-ring (bicyclic) bond motifs is 2. The van der Waals surface area contributed by atoms with Gasteiger partial charge in [-0.05, 0) is 125 Å². The molecule has 0 aromatic carbocycles. The van der Waals surface area contributed by atoms with Crippen molar-refractivity contribution < 1.29 is 48.5 Å². The summed E-state index contributed by atoms with van der Waals surface area (Å²) < 4.78 is 14.7. The van der Waals surface area contributed by atoms with Gasteiger partial charge in [-0.1, -0.05) is 12.1 Å². The number of pyridine rings is 2. The van der Waals surface area contributed by atoms with Gasteiger partial charge in [0.15, 0.2) is 0 Å². The van der Waals surface area contributed by atoms with E-state index in [2.05, 4.69) is 38.1 Å². The Morgan fingerprint density at radius 2 is 1.03 bits per heavy atom.